The van der Waals surface area contributed by atoms with Gasteiger partial charge in [-0.05, 0) is 43.3 Å². The van der Waals surface area contributed by atoms with Crippen LogP contribution in [0.2, 0.25) is 0 Å². The first-order valence-electron chi connectivity index (χ1n) is 7.91. The lowest BCUT2D eigenvalue weighted by molar-refractivity contribution is -0.384. The Bertz CT molecular complexity index is 893. The van der Waals surface area contributed by atoms with Gasteiger partial charge in [-0.1, -0.05) is 0 Å². The Hall–Kier alpha value is -3.78. The molecule has 8 nitrogen and oxygen atoms in total. The Morgan fingerprint density at radius 1 is 1.15 bits per heavy atom. The molecule has 2 rings (SSSR count). The fraction of sp³-hybridized carbons (Fsp3) is 0.222. The van der Waals surface area contributed by atoms with Gasteiger partial charge in [-0.25, -0.2) is 0 Å². The number of nitro benzene ring substituents is 1. The second-order valence-corrected chi connectivity index (χ2v) is 5.28. The number of nitriles is 2. The molecule has 2 aromatic carbocycles. The zero-order valence-electron chi connectivity index (χ0n) is 14.2. The van der Waals surface area contributed by atoms with Gasteiger partial charge in [0, 0.05) is 24.8 Å². The lowest BCUT2D eigenvalue weighted by Crippen LogP contribution is -2.23. The van der Waals surface area contributed by atoms with Crippen LogP contribution in [0.1, 0.15) is 18.9 Å². The largest absolute Gasteiger partial charge is 0.371 e. The van der Waals surface area contributed by atoms with E-state index in [4.69, 9.17) is 10.5 Å². The topological polar surface area (TPSA) is 119 Å². The molecular formula is C18H16N6O2. The Kier molecular flexibility index (Phi) is 6.35. The molecule has 0 saturated heterocycles. The molecule has 0 bridgehead atoms. The van der Waals surface area contributed by atoms with Crippen LogP contribution in [0, 0.1) is 32.8 Å². The second kappa shape index (κ2) is 8.90. The number of benzene rings is 2. The molecule has 26 heavy (non-hydrogen) atoms. The van der Waals surface area contributed by atoms with Crippen molar-refractivity contribution in [2.75, 3.05) is 18.0 Å². The van der Waals surface area contributed by atoms with Crippen molar-refractivity contribution in [3.63, 3.8) is 0 Å². The molecule has 0 heterocycles. The fourth-order valence-corrected chi connectivity index (χ4v) is 2.32. The molecule has 2 aromatic rings. The molecule has 0 amide bonds. The maximum atomic E-state index is 11.1. The molecule has 130 valence electrons. The summed E-state index contributed by atoms with van der Waals surface area (Å²) in [6.45, 7) is 3.43. The minimum Gasteiger partial charge on any atom is -0.371 e. The smallest absolute Gasteiger partial charge is 0.298 e. The van der Waals surface area contributed by atoms with Crippen molar-refractivity contribution < 1.29 is 4.92 Å². The van der Waals surface area contributed by atoms with E-state index in [0.717, 1.165) is 12.2 Å². The summed E-state index contributed by atoms with van der Waals surface area (Å²) in [5, 5.41) is 36.6. The monoisotopic (exact) mass is 348 g/mol. The van der Waals surface area contributed by atoms with E-state index in [9.17, 15) is 10.1 Å². The Balaban J connectivity index is 2.20. The van der Waals surface area contributed by atoms with Gasteiger partial charge >= 0.3 is 0 Å². The second-order valence-electron chi connectivity index (χ2n) is 5.28. The van der Waals surface area contributed by atoms with E-state index in [0.29, 0.717) is 18.7 Å². The SMILES string of the molecule is CCN(CCC#N)c1ccc(N=Nc2ccc(C#N)cc2[N+](=O)[O-])cc1. The highest BCUT2D eigenvalue weighted by atomic mass is 16.6. The van der Waals surface area contributed by atoms with E-state index in [-0.39, 0.29) is 16.9 Å². The summed E-state index contributed by atoms with van der Waals surface area (Å²) in [5.41, 5.74) is 1.52. The van der Waals surface area contributed by atoms with Crippen molar-refractivity contribution in [1.82, 2.24) is 0 Å². The van der Waals surface area contributed by atoms with Crippen LogP contribution in [0.25, 0.3) is 0 Å². The van der Waals surface area contributed by atoms with Gasteiger partial charge in [-0.15, -0.1) is 5.11 Å². The highest BCUT2D eigenvalue weighted by molar-refractivity contribution is 5.60. The molecule has 0 unspecified atom stereocenters. The van der Waals surface area contributed by atoms with Crippen LogP contribution in [-0.4, -0.2) is 18.0 Å². The maximum Gasteiger partial charge on any atom is 0.298 e. The normalized spacial score (nSPS) is 10.3. The van der Waals surface area contributed by atoms with Gasteiger partial charge in [-0.2, -0.15) is 15.6 Å². The van der Waals surface area contributed by atoms with Gasteiger partial charge in [0.15, 0.2) is 5.69 Å². The van der Waals surface area contributed by atoms with E-state index < -0.39 is 4.92 Å². The Morgan fingerprint density at radius 2 is 1.88 bits per heavy atom. The van der Waals surface area contributed by atoms with Gasteiger partial charge in [0.05, 0.1) is 34.7 Å². The summed E-state index contributed by atoms with van der Waals surface area (Å²) in [7, 11) is 0. The Morgan fingerprint density at radius 3 is 2.46 bits per heavy atom. The highest BCUT2D eigenvalue weighted by Gasteiger charge is 2.14. The Labute approximate surface area is 150 Å². The number of azo groups is 1. The molecule has 8 heteroatoms. The predicted molar refractivity (Wildman–Crippen MR) is 96.5 cm³/mol. The summed E-state index contributed by atoms with van der Waals surface area (Å²) >= 11 is 0. The minimum absolute atomic E-state index is 0.0854. The third-order valence-corrected chi connectivity index (χ3v) is 3.66. The summed E-state index contributed by atoms with van der Waals surface area (Å²) in [4.78, 5) is 12.6. The van der Waals surface area contributed by atoms with Gasteiger partial charge < -0.3 is 4.90 Å². The van der Waals surface area contributed by atoms with Gasteiger partial charge in [0.25, 0.3) is 5.69 Å². The number of hydrogen-bond donors (Lipinski definition) is 0. The molecule has 0 fully saturated rings. The molecule has 0 N–H and O–H groups in total. The molecule has 0 aromatic heterocycles. The summed E-state index contributed by atoms with van der Waals surface area (Å²) in [6.07, 6.45) is 0.442. The van der Waals surface area contributed by atoms with Crippen molar-refractivity contribution in [3.8, 4) is 12.1 Å². The standard InChI is InChI=1S/C18H16N6O2/c1-2-23(11-3-10-19)16-7-5-15(6-8-16)21-22-17-9-4-14(13-20)12-18(17)24(25)26/h4-9,12H,2-3,11H2,1H3. The molecular weight excluding hydrogens is 332 g/mol. The van der Waals surface area contributed by atoms with Crippen LogP contribution in [0.5, 0.6) is 0 Å². The zero-order chi connectivity index (χ0) is 18.9. The van der Waals surface area contributed by atoms with Crippen LogP contribution in [0.3, 0.4) is 0 Å². The van der Waals surface area contributed by atoms with Gasteiger partial charge in [0.2, 0.25) is 0 Å². The first kappa shape index (κ1) is 18.6. The van der Waals surface area contributed by atoms with Crippen molar-refractivity contribution in [2.24, 2.45) is 10.2 Å². The van der Waals surface area contributed by atoms with Crippen LogP contribution in [-0.2, 0) is 0 Å². The lowest BCUT2D eigenvalue weighted by Gasteiger charge is -2.21. The third-order valence-electron chi connectivity index (χ3n) is 3.66. The van der Waals surface area contributed by atoms with E-state index in [2.05, 4.69) is 21.2 Å². The van der Waals surface area contributed by atoms with Crippen LogP contribution in [0.4, 0.5) is 22.7 Å². The summed E-state index contributed by atoms with van der Waals surface area (Å²) in [6, 6.07) is 15.2. The number of rotatable bonds is 7. The fourth-order valence-electron chi connectivity index (χ4n) is 2.32. The van der Waals surface area contributed by atoms with Crippen molar-refractivity contribution >= 4 is 22.7 Å². The molecule has 0 aliphatic rings. The zero-order valence-corrected chi connectivity index (χ0v) is 14.2. The van der Waals surface area contributed by atoms with E-state index >= 15 is 0 Å². The molecule has 0 radical (unpaired) electrons. The van der Waals surface area contributed by atoms with Crippen LogP contribution >= 0.6 is 0 Å². The lowest BCUT2D eigenvalue weighted by atomic mass is 10.2. The summed E-state index contributed by atoms with van der Waals surface area (Å²) in [5.74, 6) is 0. The van der Waals surface area contributed by atoms with Crippen molar-refractivity contribution in [3.05, 3.63) is 58.1 Å². The molecule has 0 spiro atoms. The highest BCUT2D eigenvalue weighted by Crippen LogP contribution is 2.30. The first-order valence-corrected chi connectivity index (χ1v) is 7.91. The van der Waals surface area contributed by atoms with Gasteiger partial charge in [-0.3, -0.25) is 10.1 Å². The number of nitro groups is 1. The quantitative estimate of drug-likeness (QED) is 0.411. The molecule has 0 aliphatic carbocycles. The number of nitrogens with zero attached hydrogens (tertiary/aromatic N) is 6. The van der Waals surface area contributed by atoms with Crippen molar-refractivity contribution in [2.45, 2.75) is 13.3 Å². The van der Waals surface area contributed by atoms with Crippen molar-refractivity contribution in [1.29, 1.82) is 10.5 Å². The van der Waals surface area contributed by atoms with Crippen LogP contribution < -0.4 is 4.90 Å². The van der Waals surface area contributed by atoms with E-state index in [1.54, 1.807) is 12.1 Å². The first-order chi connectivity index (χ1) is 12.6. The number of hydrogen-bond acceptors (Lipinski definition) is 7. The number of anilines is 1. The minimum atomic E-state index is -0.591. The van der Waals surface area contributed by atoms with Crippen LogP contribution in [0.15, 0.2) is 52.7 Å². The molecule has 0 atom stereocenters. The predicted octanol–water partition coefficient (Wildman–Crippen LogP) is 4.62. The summed E-state index contributed by atoms with van der Waals surface area (Å²) < 4.78 is 0. The van der Waals surface area contributed by atoms with Gasteiger partial charge in [0.1, 0.15) is 0 Å². The maximum absolute atomic E-state index is 11.1. The third kappa shape index (κ3) is 4.62. The molecule has 0 saturated carbocycles. The average molecular weight is 348 g/mol. The van der Waals surface area contributed by atoms with E-state index in [1.807, 2.05) is 25.1 Å². The molecule has 0 aliphatic heterocycles. The average Bonchev–Trinajstić information content (AvgIpc) is 2.67. The van der Waals surface area contributed by atoms with E-state index in [1.165, 1.54) is 18.2 Å².